The molecule has 122 valence electrons. The molecule has 0 bridgehead atoms. The second-order valence-electron chi connectivity index (χ2n) is 6.76. The summed E-state index contributed by atoms with van der Waals surface area (Å²) in [7, 11) is 0. The summed E-state index contributed by atoms with van der Waals surface area (Å²) in [5.74, 6) is -0.0377. The van der Waals surface area contributed by atoms with Crippen molar-refractivity contribution in [1.82, 2.24) is 0 Å². The third-order valence-electron chi connectivity index (χ3n) is 4.97. The predicted molar refractivity (Wildman–Crippen MR) is 89.6 cm³/mol. The summed E-state index contributed by atoms with van der Waals surface area (Å²) in [5, 5.41) is 0. The molecule has 1 aliphatic carbocycles. The summed E-state index contributed by atoms with van der Waals surface area (Å²) in [6, 6.07) is 4.19. The van der Waals surface area contributed by atoms with Gasteiger partial charge in [-0.3, -0.25) is 0 Å². The standard InChI is InChI=1S/C20H28F2/c1-3-4-5-6-16-7-9-17(10-8-16)13-15(2)18-11-12-19(21)20(22)14-18/h11-14,16-17H,3-10H2,1-2H3/b15-13+. The van der Waals surface area contributed by atoms with Gasteiger partial charge in [-0.15, -0.1) is 0 Å². The van der Waals surface area contributed by atoms with Crippen LogP contribution in [0.25, 0.3) is 5.57 Å². The molecule has 0 aliphatic heterocycles. The van der Waals surface area contributed by atoms with Crippen LogP contribution in [0.3, 0.4) is 0 Å². The van der Waals surface area contributed by atoms with E-state index in [1.165, 1.54) is 63.5 Å². The Morgan fingerprint density at radius 2 is 1.82 bits per heavy atom. The quantitative estimate of drug-likeness (QED) is 0.510. The Hall–Kier alpha value is -1.18. The number of rotatable bonds is 6. The third-order valence-corrected chi connectivity index (χ3v) is 4.97. The van der Waals surface area contributed by atoms with Crippen LogP contribution >= 0.6 is 0 Å². The Bertz CT molecular complexity index is 496. The molecule has 2 rings (SSSR count). The van der Waals surface area contributed by atoms with Crippen LogP contribution in [0.4, 0.5) is 8.78 Å². The van der Waals surface area contributed by atoms with Crippen LogP contribution in [-0.2, 0) is 0 Å². The summed E-state index contributed by atoms with van der Waals surface area (Å²) in [4.78, 5) is 0. The molecule has 1 aromatic carbocycles. The van der Waals surface area contributed by atoms with E-state index < -0.39 is 11.6 Å². The van der Waals surface area contributed by atoms with Gasteiger partial charge in [0.15, 0.2) is 11.6 Å². The Balaban J connectivity index is 1.87. The minimum Gasteiger partial charge on any atom is -0.204 e. The molecule has 0 unspecified atom stereocenters. The zero-order chi connectivity index (χ0) is 15.9. The van der Waals surface area contributed by atoms with Crippen LogP contribution in [0.2, 0.25) is 0 Å². The van der Waals surface area contributed by atoms with Gasteiger partial charge in [0.1, 0.15) is 0 Å². The molecule has 0 heterocycles. The number of halogens is 2. The molecule has 1 saturated carbocycles. The molecular weight excluding hydrogens is 278 g/mol. The fraction of sp³-hybridized carbons (Fsp3) is 0.600. The van der Waals surface area contributed by atoms with E-state index in [1.54, 1.807) is 6.07 Å². The Kier molecular flexibility index (Phi) is 6.60. The molecule has 22 heavy (non-hydrogen) atoms. The second-order valence-corrected chi connectivity index (χ2v) is 6.76. The molecule has 0 aromatic heterocycles. The number of hydrogen-bond acceptors (Lipinski definition) is 0. The molecule has 2 heteroatoms. The highest BCUT2D eigenvalue weighted by atomic mass is 19.2. The van der Waals surface area contributed by atoms with Crippen LogP contribution < -0.4 is 0 Å². The van der Waals surface area contributed by atoms with Gasteiger partial charge in [0.2, 0.25) is 0 Å². The molecule has 0 saturated heterocycles. The highest BCUT2D eigenvalue weighted by molar-refractivity contribution is 5.63. The molecule has 1 aliphatic rings. The van der Waals surface area contributed by atoms with Crippen molar-refractivity contribution in [2.24, 2.45) is 11.8 Å². The smallest absolute Gasteiger partial charge is 0.159 e. The highest BCUT2D eigenvalue weighted by Gasteiger charge is 2.19. The predicted octanol–water partition coefficient (Wildman–Crippen LogP) is 6.75. The topological polar surface area (TPSA) is 0 Å². The van der Waals surface area contributed by atoms with Gasteiger partial charge in [0.25, 0.3) is 0 Å². The van der Waals surface area contributed by atoms with Gasteiger partial charge in [-0.1, -0.05) is 44.7 Å². The van der Waals surface area contributed by atoms with Crippen LogP contribution in [0.15, 0.2) is 24.3 Å². The van der Waals surface area contributed by atoms with Gasteiger partial charge < -0.3 is 0 Å². The molecule has 0 spiro atoms. The second kappa shape index (κ2) is 8.45. The van der Waals surface area contributed by atoms with E-state index in [-0.39, 0.29) is 0 Å². The number of hydrogen-bond donors (Lipinski definition) is 0. The third kappa shape index (κ3) is 4.93. The summed E-state index contributed by atoms with van der Waals surface area (Å²) in [6.07, 6.45) is 12.8. The zero-order valence-electron chi connectivity index (χ0n) is 13.9. The lowest BCUT2D eigenvalue weighted by molar-refractivity contribution is 0.289. The monoisotopic (exact) mass is 306 g/mol. The minimum atomic E-state index is -0.774. The summed E-state index contributed by atoms with van der Waals surface area (Å²) < 4.78 is 26.3. The summed E-state index contributed by atoms with van der Waals surface area (Å²) >= 11 is 0. The lowest BCUT2D eigenvalue weighted by atomic mass is 9.79. The summed E-state index contributed by atoms with van der Waals surface area (Å²) in [6.45, 7) is 4.25. The van der Waals surface area contributed by atoms with Gasteiger partial charge in [-0.25, -0.2) is 8.78 Å². The van der Waals surface area contributed by atoms with Crippen molar-refractivity contribution in [1.29, 1.82) is 0 Å². The lowest BCUT2D eigenvalue weighted by Crippen LogP contribution is -2.13. The lowest BCUT2D eigenvalue weighted by Gasteiger charge is -2.27. The Labute approximate surface area is 133 Å². The highest BCUT2D eigenvalue weighted by Crippen LogP contribution is 2.34. The van der Waals surface area contributed by atoms with Crippen LogP contribution in [0, 0.1) is 23.5 Å². The maximum absolute atomic E-state index is 13.3. The molecule has 0 nitrogen and oxygen atoms in total. The van der Waals surface area contributed by atoms with Gasteiger partial charge in [-0.05, 0) is 67.7 Å². The Morgan fingerprint density at radius 1 is 1.09 bits per heavy atom. The van der Waals surface area contributed by atoms with Gasteiger partial charge in [0.05, 0.1) is 0 Å². The van der Waals surface area contributed by atoms with Gasteiger partial charge in [-0.2, -0.15) is 0 Å². The average molecular weight is 306 g/mol. The van der Waals surface area contributed by atoms with Gasteiger partial charge >= 0.3 is 0 Å². The molecular formula is C20H28F2. The maximum Gasteiger partial charge on any atom is 0.159 e. The van der Waals surface area contributed by atoms with E-state index in [9.17, 15) is 8.78 Å². The van der Waals surface area contributed by atoms with Crippen molar-refractivity contribution >= 4 is 5.57 Å². The molecule has 1 aromatic rings. The van der Waals surface area contributed by atoms with E-state index >= 15 is 0 Å². The van der Waals surface area contributed by atoms with Crippen LogP contribution in [-0.4, -0.2) is 0 Å². The molecule has 0 N–H and O–H groups in total. The average Bonchev–Trinajstić information content (AvgIpc) is 2.52. The first-order valence-corrected chi connectivity index (χ1v) is 8.74. The number of benzene rings is 1. The van der Waals surface area contributed by atoms with E-state index in [4.69, 9.17) is 0 Å². The summed E-state index contributed by atoms with van der Waals surface area (Å²) in [5.41, 5.74) is 1.86. The molecule has 0 amide bonds. The van der Waals surface area contributed by atoms with Crippen molar-refractivity contribution in [3.05, 3.63) is 41.5 Å². The SMILES string of the molecule is CCCCCC1CCC(/C=C(\C)c2ccc(F)c(F)c2)CC1. The first kappa shape index (κ1) is 17.2. The maximum atomic E-state index is 13.3. The largest absolute Gasteiger partial charge is 0.204 e. The minimum absolute atomic E-state index is 0.593. The van der Waals surface area contributed by atoms with Crippen molar-refractivity contribution in [3.8, 4) is 0 Å². The van der Waals surface area contributed by atoms with E-state index in [2.05, 4.69) is 13.0 Å². The first-order chi connectivity index (χ1) is 10.6. The van der Waals surface area contributed by atoms with Crippen LogP contribution in [0.1, 0.15) is 70.8 Å². The van der Waals surface area contributed by atoms with Crippen LogP contribution in [0.5, 0.6) is 0 Å². The fourth-order valence-electron chi connectivity index (χ4n) is 3.52. The Morgan fingerprint density at radius 3 is 2.45 bits per heavy atom. The normalized spacial score (nSPS) is 22.8. The molecule has 1 fully saturated rings. The first-order valence-electron chi connectivity index (χ1n) is 8.74. The zero-order valence-corrected chi connectivity index (χ0v) is 13.9. The number of allylic oxidation sites excluding steroid dienone is 2. The van der Waals surface area contributed by atoms with Crippen molar-refractivity contribution in [2.75, 3.05) is 0 Å². The van der Waals surface area contributed by atoms with Crippen molar-refractivity contribution in [2.45, 2.75) is 65.2 Å². The van der Waals surface area contributed by atoms with E-state index in [1.807, 2.05) is 6.92 Å². The van der Waals surface area contributed by atoms with E-state index in [0.29, 0.717) is 5.92 Å². The molecule has 0 atom stereocenters. The molecule has 0 radical (unpaired) electrons. The fourth-order valence-corrected chi connectivity index (χ4v) is 3.52. The van der Waals surface area contributed by atoms with E-state index in [0.717, 1.165) is 17.1 Å². The van der Waals surface area contributed by atoms with Gasteiger partial charge in [0, 0.05) is 0 Å². The van der Waals surface area contributed by atoms with Crippen molar-refractivity contribution in [3.63, 3.8) is 0 Å². The number of unbranched alkanes of at least 4 members (excludes halogenated alkanes) is 2. The van der Waals surface area contributed by atoms with Crippen molar-refractivity contribution < 1.29 is 8.78 Å².